The van der Waals surface area contributed by atoms with Gasteiger partial charge in [0.1, 0.15) is 30.2 Å². The van der Waals surface area contributed by atoms with E-state index in [1.165, 1.54) is 6.92 Å². The second-order valence-corrected chi connectivity index (χ2v) is 7.64. The average Bonchev–Trinajstić information content (AvgIpc) is 3.21. The lowest BCUT2D eigenvalue weighted by Gasteiger charge is -2.38. The summed E-state index contributed by atoms with van der Waals surface area (Å²) in [6.45, 7) is 3.22. The number of benzene rings is 1. The third kappa shape index (κ3) is 3.90. The third-order valence-corrected chi connectivity index (χ3v) is 5.68. The van der Waals surface area contributed by atoms with E-state index in [-0.39, 0.29) is 24.2 Å². The number of hydrogen-bond acceptors (Lipinski definition) is 6. The predicted octanol–water partition coefficient (Wildman–Crippen LogP) is 1.93. The van der Waals surface area contributed by atoms with Gasteiger partial charge in [0, 0.05) is 44.7 Å². The number of carbonyl (C=O) groups is 1. The highest BCUT2D eigenvalue weighted by molar-refractivity contribution is 5.65. The molecule has 1 fully saturated rings. The Labute approximate surface area is 167 Å². The summed E-state index contributed by atoms with van der Waals surface area (Å²) in [6.07, 6.45) is -0.0602. The molecular weight excluding hydrogens is 382 g/mol. The van der Waals surface area contributed by atoms with E-state index in [0.29, 0.717) is 31.9 Å². The molecule has 3 heterocycles. The summed E-state index contributed by atoms with van der Waals surface area (Å²) in [5.74, 6) is -0.649. The Hall–Kier alpha value is -2.36. The van der Waals surface area contributed by atoms with Crippen LogP contribution in [0.3, 0.4) is 0 Å². The normalized spacial score (nSPS) is 24.5. The molecule has 2 aliphatic heterocycles. The van der Waals surface area contributed by atoms with Crippen LogP contribution >= 0.6 is 0 Å². The quantitative estimate of drug-likeness (QED) is 0.782. The summed E-state index contributed by atoms with van der Waals surface area (Å²) in [5.41, 5.74) is 8.46. The van der Waals surface area contributed by atoms with Crippen LogP contribution in [-0.4, -0.2) is 39.1 Å². The summed E-state index contributed by atoms with van der Waals surface area (Å²) in [7, 11) is 1.90. The van der Waals surface area contributed by atoms with Crippen LogP contribution in [0.2, 0.25) is 0 Å². The van der Waals surface area contributed by atoms with Crippen molar-refractivity contribution in [2.24, 2.45) is 12.8 Å². The molecule has 9 heteroatoms. The zero-order valence-electron chi connectivity index (χ0n) is 16.4. The highest BCUT2D eigenvalue weighted by Gasteiger charge is 2.37. The maximum Gasteiger partial charge on any atom is 0.303 e. The molecule has 0 spiro atoms. The van der Waals surface area contributed by atoms with Gasteiger partial charge in [0.2, 0.25) is 0 Å². The molecule has 2 aliphatic rings. The van der Waals surface area contributed by atoms with Crippen LogP contribution in [0, 0.1) is 11.6 Å². The number of halogens is 2. The van der Waals surface area contributed by atoms with Gasteiger partial charge in [0.15, 0.2) is 0 Å². The smallest absolute Gasteiger partial charge is 0.303 e. The van der Waals surface area contributed by atoms with Crippen LogP contribution in [0.15, 0.2) is 18.2 Å². The number of nitrogens with zero attached hydrogens (tertiary/aromatic N) is 3. The van der Waals surface area contributed by atoms with E-state index >= 15 is 0 Å². The van der Waals surface area contributed by atoms with Gasteiger partial charge in [-0.05, 0) is 24.6 Å². The van der Waals surface area contributed by atoms with Crippen LogP contribution in [0.1, 0.15) is 42.2 Å². The molecule has 2 N–H and O–H groups in total. The molecule has 1 saturated heterocycles. The number of nitrogens with two attached hydrogens (primary N) is 1. The Bertz CT molecular complexity index is 933. The monoisotopic (exact) mass is 406 g/mol. The minimum Gasteiger partial charge on any atom is -0.458 e. The van der Waals surface area contributed by atoms with Crippen LogP contribution in [-0.2, 0) is 41.0 Å². The lowest BCUT2D eigenvalue weighted by Crippen LogP contribution is -2.47. The molecule has 0 bridgehead atoms. The fraction of sp³-hybridized carbons (Fsp3) is 0.500. The minimum atomic E-state index is -0.666. The van der Waals surface area contributed by atoms with Gasteiger partial charge in [0.25, 0.3) is 0 Å². The summed E-state index contributed by atoms with van der Waals surface area (Å²) in [6, 6.07) is 2.95. The Morgan fingerprint density at radius 2 is 2.17 bits per heavy atom. The number of fused-ring (bicyclic) bond motifs is 1. The van der Waals surface area contributed by atoms with Gasteiger partial charge in [-0.2, -0.15) is 0 Å². The molecule has 0 radical (unpaired) electrons. The van der Waals surface area contributed by atoms with Gasteiger partial charge in [-0.3, -0.25) is 9.69 Å². The SMILES string of the molecule is CC(=O)OCc1nc2c(n1C)CN([C@H]1CO[C@H](c3cc(F)ccc3F)[C@@H](N)C1)C2. The molecule has 0 unspecified atom stereocenters. The second-order valence-electron chi connectivity index (χ2n) is 7.64. The zero-order valence-corrected chi connectivity index (χ0v) is 16.4. The lowest BCUT2D eigenvalue weighted by atomic mass is 9.93. The summed E-state index contributed by atoms with van der Waals surface area (Å²) in [4.78, 5) is 17.8. The maximum atomic E-state index is 14.1. The fourth-order valence-electron chi connectivity index (χ4n) is 4.11. The van der Waals surface area contributed by atoms with Crippen LogP contribution in [0.5, 0.6) is 0 Å². The van der Waals surface area contributed by atoms with Gasteiger partial charge in [-0.15, -0.1) is 0 Å². The van der Waals surface area contributed by atoms with E-state index in [4.69, 9.17) is 15.2 Å². The van der Waals surface area contributed by atoms with E-state index in [1.54, 1.807) is 0 Å². The molecule has 156 valence electrons. The molecule has 0 aliphatic carbocycles. The zero-order chi connectivity index (χ0) is 20.7. The average molecular weight is 406 g/mol. The minimum absolute atomic E-state index is 0.0592. The molecule has 3 atom stereocenters. The Morgan fingerprint density at radius 1 is 1.38 bits per heavy atom. The molecule has 1 aromatic carbocycles. The Kier molecular flexibility index (Phi) is 5.37. The molecule has 4 rings (SSSR count). The summed E-state index contributed by atoms with van der Waals surface area (Å²) >= 11 is 0. The highest BCUT2D eigenvalue weighted by atomic mass is 19.1. The van der Waals surface area contributed by atoms with Crippen molar-refractivity contribution in [2.75, 3.05) is 6.61 Å². The number of hydrogen-bond donors (Lipinski definition) is 1. The topological polar surface area (TPSA) is 82.6 Å². The number of imidazole rings is 1. The van der Waals surface area contributed by atoms with E-state index in [9.17, 15) is 13.6 Å². The number of aromatic nitrogens is 2. The maximum absolute atomic E-state index is 14.1. The molecular formula is C20H24F2N4O3. The second kappa shape index (κ2) is 7.81. The third-order valence-electron chi connectivity index (χ3n) is 5.68. The van der Waals surface area contributed by atoms with E-state index in [0.717, 1.165) is 29.6 Å². The lowest BCUT2D eigenvalue weighted by molar-refractivity contribution is -0.142. The highest BCUT2D eigenvalue weighted by Crippen LogP contribution is 2.34. The van der Waals surface area contributed by atoms with Crippen molar-refractivity contribution in [3.05, 3.63) is 52.6 Å². The first-order valence-corrected chi connectivity index (χ1v) is 9.56. The molecule has 0 saturated carbocycles. The standard InChI is InChI=1S/C20H24F2N4O3/c1-11(27)28-10-19-24-17-7-26(8-18(17)25(19)2)13-6-16(23)20(29-9-13)14-5-12(21)3-4-15(14)22/h3-5,13,16,20H,6-10,23H2,1-2H3/t13-,16+,20-/m1/s1. The van der Waals surface area contributed by atoms with Crippen molar-refractivity contribution >= 4 is 5.97 Å². The molecule has 7 nitrogen and oxygen atoms in total. The number of esters is 1. The van der Waals surface area contributed by atoms with E-state index in [1.807, 2.05) is 11.6 Å². The Morgan fingerprint density at radius 3 is 2.86 bits per heavy atom. The van der Waals surface area contributed by atoms with Gasteiger partial charge < -0.3 is 19.8 Å². The molecule has 1 aromatic heterocycles. The van der Waals surface area contributed by atoms with Gasteiger partial charge in [-0.25, -0.2) is 13.8 Å². The number of rotatable bonds is 4. The van der Waals surface area contributed by atoms with Crippen molar-refractivity contribution in [3.8, 4) is 0 Å². The summed E-state index contributed by atoms with van der Waals surface area (Å²) < 4.78 is 40.5. The van der Waals surface area contributed by atoms with Gasteiger partial charge >= 0.3 is 5.97 Å². The predicted molar refractivity (Wildman–Crippen MR) is 99.4 cm³/mol. The van der Waals surface area contributed by atoms with E-state index < -0.39 is 23.8 Å². The van der Waals surface area contributed by atoms with Gasteiger partial charge in [-0.1, -0.05) is 0 Å². The van der Waals surface area contributed by atoms with Crippen molar-refractivity contribution in [1.29, 1.82) is 0 Å². The van der Waals surface area contributed by atoms with Crippen molar-refractivity contribution in [2.45, 2.75) is 51.2 Å². The van der Waals surface area contributed by atoms with Crippen LogP contribution in [0.25, 0.3) is 0 Å². The van der Waals surface area contributed by atoms with E-state index in [2.05, 4.69) is 9.88 Å². The fourth-order valence-corrected chi connectivity index (χ4v) is 4.11. The molecule has 0 amide bonds. The molecule has 29 heavy (non-hydrogen) atoms. The first-order chi connectivity index (χ1) is 13.8. The molecule has 2 aromatic rings. The number of carbonyl (C=O) groups excluding carboxylic acids is 1. The van der Waals surface area contributed by atoms with Crippen molar-refractivity contribution in [1.82, 2.24) is 14.5 Å². The van der Waals surface area contributed by atoms with Crippen LogP contribution in [0.4, 0.5) is 8.78 Å². The van der Waals surface area contributed by atoms with Crippen LogP contribution < -0.4 is 5.73 Å². The Balaban J connectivity index is 1.41. The first kappa shape index (κ1) is 19.9. The van der Waals surface area contributed by atoms with Crippen molar-refractivity contribution in [3.63, 3.8) is 0 Å². The van der Waals surface area contributed by atoms with Crippen molar-refractivity contribution < 1.29 is 23.0 Å². The number of ether oxygens (including phenoxy) is 2. The largest absolute Gasteiger partial charge is 0.458 e. The summed E-state index contributed by atoms with van der Waals surface area (Å²) in [5, 5.41) is 0. The van der Waals surface area contributed by atoms with Gasteiger partial charge in [0.05, 0.1) is 18.0 Å². The first-order valence-electron chi connectivity index (χ1n) is 9.56.